The van der Waals surface area contributed by atoms with Gasteiger partial charge in [0.05, 0.1) is 4.92 Å². The molecule has 1 N–H and O–H groups in total. The lowest BCUT2D eigenvalue weighted by Gasteiger charge is -2.05. The molecule has 0 unspecified atom stereocenters. The molecule has 104 valence electrons. The zero-order chi connectivity index (χ0) is 14.7. The smallest absolute Gasteiger partial charge is 0.343 e. The standard InChI is InChI=1S/C12H10N2O4S2/c1-7-5-19-12(13-7)20-6-8-3-2-4-9(14(17)18)10(8)11(15)16/h2-5H,6H2,1H3,(H,15,16). The number of rotatable bonds is 5. The average Bonchev–Trinajstić information content (AvgIpc) is 2.81. The Balaban J connectivity index is 2.29. The Morgan fingerprint density at radius 3 is 2.85 bits per heavy atom. The number of hydrogen-bond acceptors (Lipinski definition) is 6. The highest BCUT2D eigenvalue weighted by atomic mass is 32.2. The summed E-state index contributed by atoms with van der Waals surface area (Å²) in [5.74, 6) is -0.959. The molecule has 0 atom stereocenters. The Kier molecular flexibility index (Phi) is 4.35. The summed E-state index contributed by atoms with van der Waals surface area (Å²) >= 11 is 2.83. The zero-order valence-electron chi connectivity index (χ0n) is 10.4. The van der Waals surface area contributed by atoms with Gasteiger partial charge in [-0.05, 0) is 12.5 Å². The van der Waals surface area contributed by atoms with E-state index in [1.165, 1.54) is 35.2 Å². The van der Waals surface area contributed by atoms with E-state index < -0.39 is 10.9 Å². The van der Waals surface area contributed by atoms with Crippen LogP contribution in [0.3, 0.4) is 0 Å². The third-order valence-corrected chi connectivity index (χ3v) is 4.68. The normalized spacial score (nSPS) is 10.4. The van der Waals surface area contributed by atoms with Gasteiger partial charge in [-0.25, -0.2) is 9.78 Å². The van der Waals surface area contributed by atoms with Crippen molar-refractivity contribution < 1.29 is 14.8 Å². The van der Waals surface area contributed by atoms with E-state index in [1.54, 1.807) is 6.07 Å². The highest BCUT2D eigenvalue weighted by molar-refractivity contribution is 8.00. The molecule has 2 aromatic rings. The van der Waals surface area contributed by atoms with Crippen molar-refractivity contribution in [2.45, 2.75) is 17.0 Å². The second-order valence-electron chi connectivity index (χ2n) is 3.92. The molecule has 2 rings (SSSR count). The number of carboxylic acids is 1. The van der Waals surface area contributed by atoms with Gasteiger partial charge in [-0.15, -0.1) is 11.3 Å². The molecule has 0 saturated carbocycles. The maximum Gasteiger partial charge on any atom is 0.343 e. The Labute approximate surface area is 122 Å². The van der Waals surface area contributed by atoms with Gasteiger partial charge in [-0.2, -0.15) is 0 Å². The van der Waals surface area contributed by atoms with Crippen LogP contribution >= 0.6 is 23.1 Å². The summed E-state index contributed by atoms with van der Waals surface area (Å²) in [4.78, 5) is 25.7. The number of carboxylic acid groups (broad SMARTS) is 1. The monoisotopic (exact) mass is 310 g/mol. The van der Waals surface area contributed by atoms with E-state index in [0.29, 0.717) is 11.3 Å². The minimum Gasteiger partial charge on any atom is -0.477 e. The van der Waals surface area contributed by atoms with Gasteiger partial charge in [-0.3, -0.25) is 10.1 Å². The van der Waals surface area contributed by atoms with E-state index in [9.17, 15) is 14.9 Å². The van der Waals surface area contributed by atoms with Gasteiger partial charge in [0.15, 0.2) is 0 Å². The predicted molar refractivity (Wildman–Crippen MR) is 76.5 cm³/mol. The largest absolute Gasteiger partial charge is 0.477 e. The minimum atomic E-state index is -1.29. The number of hydrogen-bond donors (Lipinski definition) is 1. The number of aromatic nitrogens is 1. The van der Waals surface area contributed by atoms with Gasteiger partial charge < -0.3 is 5.11 Å². The van der Waals surface area contributed by atoms with Crippen molar-refractivity contribution in [1.29, 1.82) is 0 Å². The van der Waals surface area contributed by atoms with Crippen molar-refractivity contribution in [3.63, 3.8) is 0 Å². The van der Waals surface area contributed by atoms with Gasteiger partial charge in [0.1, 0.15) is 9.90 Å². The summed E-state index contributed by atoms with van der Waals surface area (Å²) < 4.78 is 0.811. The van der Waals surface area contributed by atoms with Crippen molar-refractivity contribution in [2.24, 2.45) is 0 Å². The van der Waals surface area contributed by atoms with Gasteiger partial charge in [0.25, 0.3) is 5.69 Å². The number of nitro groups is 1. The Morgan fingerprint density at radius 1 is 1.55 bits per heavy atom. The predicted octanol–water partition coefficient (Wildman–Crippen LogP) is 3.35. The molecule has 20 heavy (non-hydrogen) atoms. The van der Waals surface area contributed by atoms with Crippen LogP contribution < -0.4 is 0 Å². The van der Waals surface area contributed by atoms with Crippen LogP contribution in [-0.2, 0) is 5.75 Å². The molecule has 1 heterocycles. The third kappa shape index (κ3) is 3.14. The molecule has 0 spiro atoms. The molecule has 0 bridgehead atoms. The summed E-state index contributed by atoms with van der Waals surface area (Å²) in [6, 6.07) is 4.28. The summed E-state index contributed by atoms with van der Waals surface area (Å²) in [7, 11) is 0. The number of thiazole rings is 1. The molecule has 8 heteroatoms. The first kappa shape index (κ1) is 14.5. The number of carbonyl (C=O) groups is 1. The van der Waals surface area contributed by atoms with Crippen LogP contribution in [0, 0.1) is 17.0 Å². The second kappa shape index (κ2) is 6.02. The first-order chi connectivity index (χ1) is 9.49. The maximum atomic E-state index is 11.2. The van der Waals surface area contributed by atoms with Crippen molar-refractivity contribution in [3.8, 4) is 0 Å². The van der Waals surface area contributed by atoms with E-state index >= 15 is 0 Å². The second-order valence-corrected chi connectivity index (χ2v) is 6.00. The summed E-state index contributed by atoms with van der Waals surface area (Å²) in [5.41, 5.74) is 0.684. The van der Waals surface area contributed by atoms with Crippen molar-refractivity contribution in [1.82, 2.24) is 4.98 Å². The zero-order valence-corrected chi connectivity index (χ0v) is 12.0. The highest BCUT2D eigenvalue weighted by Gasteiger charge is 2.23. The van der Waals surface area contributed by atoms with E-state index in [1.807, 2.05) is 12.3 Å². The van der Waals surface area contributed by atoms with Crippen LogP contribution in [-0.4, -0.2) is 21.0 Å². The fraction of sp³-hybridized carbons (Fsp3) is 0.167. The quantitative estimate of drug-likeness (QED) is 0.517. The van der Waals surface area contributed by atoms with Gasteiger partial charge in [-0.1, -0.05) is 23.9 Å². The van der Waals surface area contributed by atoms with E-state index in [0.717, 1.165) is 10.0 Å². The van der Waals surface area contributed by atoms with Crippen LogP contribution in [0.15, 0.2) is 27.9 Å². The Morgan fingerprint density at radius 2 is 2.30 bits per heavy atom. The number of aryl methyl sites for hydroxylation is 1. The average molecular weight is 310 g/mol. The Hall–Kier alpha value is -1.93. The highest BCUT2D eigenvalue weighted by Crippen LogP contribution is 2.30. The molecule has 1 aromatic heterocycles. The summed E-state index contributed by atoms with van der Waals surface area (Å²) in [6.07, 6.45) is 0. The van der Waals surface area contributed by atoms with E-state index in [-0.39, 0.29) is 11.3 Å². The summed E-state index contributed by atoms with van der Waals surface area (Å²) in [6.45, 7) is 1.87. The molecule has 0 aliphatic carbocycles. The van der Waals surface area contributed by atoms with Gasteiger partial charge in [0.2, 0.25) is 0 Å². The first-order valence-corrected chi connectivity index (χ1v) is 7.40. The lowest BCUT2D eigenvalue weighted by Crippen LogP contribution is -2.06. The van der Waals surface area contributed by atoms with Crippen molar-refractivity contribution >= 4 is 34.8 Å². The van der Waals surface area contributed by atoms with Gasteiger partial charge in [0, 0.05) is 22.9 Å². The first-order valence-electron chi connectivity index (χ1n) is 5.53. The van der Waals surface area contributed by atoms with Crippen molar-refractivity contribution in [2.75, 3.05) is 0 Å². The molecular weight excluding hydrogens is 300 g/mol. The van der Waals surface area contributed by atoms with Crippen LogP contribution in [0.4, 0.5) is 5.69 Å². The fourth-order valence-electron chi connectivity index (χ4n) is 1.64. The minimum absolute atomic E-state index is 0.252. The lowest BCUT2D eigenvalue weighted by atomic mass is 10.1. The van der Waals surface area contributed by atoms with Crippen molar-refractivity contribution in [3.05, 3.63) is 50.5 Å². The van der Waals surface area contributed by atoms with E-state index in [4.69, 9.17) is 5.11 Å². The van der Waals surface area contributed by atoms with Gasteiger partial charge >= 0.3 is 5.97 Å². The number of benzene rings is 1. The maximum absolute atomic E-state index is 11.2. The fourth-order valence-corrected chi connectivity index (χ4v) is 3.49. The number of thioether (sulfide) groups is 1. The molecule has 0 aliphatic rings. The van der Waals surface area contributed by atoms with Crippen LogP contribution in [0.2, 0.25) is 0 Å². The molecule has 0 amide bonds. The van der Waals surface area contributed by atoms with Crippen LogP contribution in [0.1, 0.15) is 21.6 Å². The molecule has 6 nitrogen and oxygen atoms in total. The molecule has 0 fully saturated rings. The number of nitrogens with zero attached hydrogens (tertiary/aromatic N) is 2. The Bertz CT molecular complexity index is 669. The number of nitro benzene ring substituents is 1. The third-order valence-electron chi connectivity index (χ3n) is 2.49. The topological polar surface area (TPSA) is 93.3 Å². The van der Waals surface area contributed by atoms with Crippen LogP contribution in [0.25, 0.3) is 0 Å². The molecule has 0 saturated heterocycles. The molecular formula is C12H10N2O4S2. The number of aromatic carboxylic acids is 1. The summed E-state index contributed by atoms with van der Waals surface area (Å²) in [5, 5.41) is 21.9. The van der Waals surface area contributed by atoms with Crippen LogP contribution in [0.5, 0.6) is 0 Å². The SMILES string of the molecule is Cc1csc(SCc2cccc([N+](=O)[O-])c2C(=O)O)n1. The molecule has 0 radical (unpaired) electrons. The lowest BCUT2D eigenvalue weighted by molar-refractivity contribution is -0.385. The van der Waals surface area contributed by atoms with E-state index in [2.05, 4.69) is 4.98 Å². The molecule has 1 aromatic carbocycles. The molecule has 0 aliphatic heterocycles.